The lowest BCUT2D eigenvalue weighted by Gasteiger charge is -2.20. The summed E-state index contributed by atoms with van der Waals surface area (Å²) in [5, 5.41) is 0. The summed E-state index contributed by atoms with van der Waals surface area (Å²) in [6.45, 7) is 4.84. The van der Waals surface area contributed by atoms with Crippen molar-refractivity contribution in [3.05, 3.63) is 0 Å². The Bertz CT molecular complexity index is 217. The summed E-state index contributed by atoms with van der Waals surface area (Å²) in [6, 6.07) is -0.0888. The highest BCUT2D eigenvalue weighted by Crippen LogP contribution is 2.09. The molecule has 0 heterocycles. The fourth-order valence-electron chi connectivity index (χ4n) is 2.25. The molecule has 0 saturated carbocycles. The van der Waals surface area contributed by atoms with Crippen LogP contribution >= 0.6 is 0 Å². The third-order valence-corrected chi connectivity index (χ3v) is 3.52. The van der Waals surface area contributed by atoms with E-state index in [0.29, 0.717) is 6.61 Å². The number of nitrogens with zero attached hydrogens (tertiary/aromatic N) is 1. The van der Waals surface area contributed by atoms with Crippen molar-refractivity contribution in [1.82, 2.24) is 4.90 Å². The number of rotatable bonds is 12. The molecular weight excluding hydrogens is 238 g/mol. The fourth-order valence-corrected chi connectivity index (χ4v) is 2.25. The van der Waals surface area contributed by atoms with Gasteiger partial charge in [-0.2, -0.15) is 0 Å². The fraction of sp³-hybridized carbons (Fsp3) is 0.938. The first-order valence-corrected chi connectivity index (χ1v) is 7.96. The Morgan fingerprint density at radius 3 is 1.95 bits per heavy atom. The number of hydrogen-bond acceptors (Lipinski definition) is 3. The second kappa shape index (κ2) is 12.5. The lowest BCUT2D eigenvalue weighted by atomic mass is 10.1. The number of hydrogen-bond donors (Lipinski definition) is 0. The Morgan fingerprint density at radius 2 is 1.47 bits per heavy atom. The van der Waals surface area contributed by atoms with Crippen LogP contribution in [0.4, 0.5) is 0 Å². The van der Waals surface area contributed by atoms with Crippen LogP contribution in [0.3, 0.4) is 0 Å². The molecule has 0 aliphatic rings. The summed E-state index contributed by atoms with van der Waals surface area (Å²) < 4.78 is 5.32. The SMILES string of the molecule is CCCCCCCCCCOC(=O)C(CC)N(C)C. The molecule has 1 atom stereocenters. The molecule has 0 aromatic rings. The normalized spacial score (nSPS) is 12.7. The standard InChI is InChI=1S/C16H33NO2/c1-5-7-8-9-10-11-12-13-14-19-16(18)15(6-2)17(3)4/h15H,5-14H2,1-4H3. The third-order valence-electron chi connectivity index (χ3n) is 3.52. The molecule has 0 N–H and O–H groups in total. The molecule has 1 unspecified atom stereocenters. The predicted octanol–water partition coefficient (Wildman–Crippen LogP) is 4.01. The maximum Gasteiger partial charge on any atom is 0.323 e. The first-order chi connectivity index (χ1) is 9.13. The maximum atomic E-state index is 11.8. The van der Waals surface area contributed by atoms with Gasteiger partial charge in [0.2, 0.25) is 0 Å². The van der Waals surface area contributed by atoms with E-state index in [1.807, 2.05) is 25.9 Å². The number of likely N-dealkylation sites (N-methyl/N-ethyl adjacent to an activating group) is 1. The van der Waals surface area contributed by atoms with E-state index in [4.69, 9.17) is 4.74 Å². The quantitative estimate of drug-likeness (QED) is 0.397. The van der Waals surface area contributed by atoms with Crippen molar-refractivity contribution in [2.24, 2.45) is 0 Å². The zero-order chi connectivity index (χ0) is 14.5. The van der Waals surface area contributed by atoms with Crippen molar-refractivity contribution in [3.63, 3.8) is 0 Å². The minimum atomic E-state index is -0.0888. The second-order valence-electron chi connectivity index (χ2n) is 5.53. The van der Waals surface area contributed by atoms with Gasteiger partial charge in [0, 0.05) is 0 Å². The molecule has 3 heteroatoms. The summed E-state index contributed by atoms with van der Waals surface area (Å²) in [5.41, 5.74) is 0. The van der Waals surface area contributed by atoms with Gasteiger partial charge in [0.15, 0.2) is 0 Å². The highest BCUT2D eigenvalue weighted by atomic mass is 16.5. The molecule has 114 valence electrons. The van der Waals surface area contributed by atoms with Crippen LogP contribution in [-0.2, 0) is 9.53 Å². The molecule has 3 nitrogen and oxygen atoms in total. The molecule has 0 radical (unpaired) electrons. The molecule has 0 fully saturated rings. The van der Waals surface area contributed by atoms with Gasteiger partial charge >= 0.3 is 5.97 Å². The Hall–Kier alpha value is -0.570. The minimum Gasteiger partial charge on any atom is -0.465 e. The Kier molecular flexibility index (Phi) is 12.1. The van der Waals surface area contributed by atoms with Crippen molar-refractivity contribution in [2.75, 3.05) is 20.7 Å². The zero-order valence-electron chi connectivity index (χ0n) is 13.4. The number of ether oxygens (including phenoxy) is 1. The molecule has 0 aromatic carbocycles. The van der Waals surface area contributed by atoms with Crippen molar-refractivity contribution < 1.29 is 9.53 Å². The van der Waals surface area contributed by atoms with Crippen LogP contribution < -0.4 is 0 Å². The first-order valence-electron chi connectivity index (χ1n) is 7.96. The van der Waals surface area contributed by atoms with Gasteiger partial charge in [0.05, 0.1) is 6.61 Å². The lowest BCUT2D eigenvalue weighted by Crippen LogP contribution is -2.36. The van der Waals surface area contributed by atoms with Gasteiger partial charge in [-0.3, -0.25) is 9.69 Å². The molecule has 0 amide bonds. The number of carbonyl (C=O) groups is 1. The van der Waals surface area contributed by atoms with Crippen molar-refractivity contribution in [3.8, 4) is 0 Å². The van der Waals surface area contributed by atoms with Gasteiger partial charge < -0.3 is 4.74 Å². The third kappa shape index (κ3) is 9.94. The number of unbranched alkanes of at least 4 members (excludes halogenated alkanes) is 7. The topological polar surface area (TPSA) is 29.5 Å². The van der Waals surface area contributed by atoms with Crippen LogP contribution in [0.5, 0.6) is 0 Å². The van der Waals surface area contributed by atoms with Gasteiger partial charge in [0.25, 0.3) is 0 Å². The van der Waals surface area contributed by atoms with E-state index < -0.39 is 0 Å². The first kappa shape index (κ1) is 18.4. The molecule has 0 spiro atoms. The van der Waals surface area contributed by atoms with Gasteiger partial charge in [-0.15, -0.1) is 0 Å². The summed E-state index contributed by atoms with van der Waals surface area (Å²) in [6.07, 6.45) is 11.0. The number of carbonyl (C=O) groups excluding carboxylic acids is 1. The molecule has 0 aromatic heterocycles. The molecular formula is C16H33NO2. The van der Waals surface area contributed by atoms with Crippen molar-refractivity contribution in [2.45, 2.75) is 77.7 Å². The monoisotopic (exact) mass is 271 g/mol. The van der Waals surface area contributed by atoms with E-state index in [2.05, 4.69) is 6.92 Å². The summed E-state index contributed by atoms with van der Waals surface area (Å²) in [5.74, 6) is -0.0737. The van der Waals surface area contributed by atoms with E-state index in [1.165, 1.54) is 44.9 Å². The van der Waals surface area contributed by atoms with Crippen LogP contribution in [0.2, 0.25) is 0 Å². The van der Waals surface area contributed by atoms with Crippen LogP contribution in [0, 0.1) is 0 Å². The Labute approximate surface area is 119 Å². The van der Waals surface area contributed by atoms with E-state index in [-0.39, 0.29) is 12.0 Å². The Balaban J connectivity index is 3.41. The van der Waals surface area contributed by atoms with Crippen LogP contribution in [0.15, 0.2) is 0 Å². The van der Waals surface area contributed by atoms with E-state index in [9.17, 15) is 4.79 Å². The van der Waals surface area contributed by atoms with E-state index >= 15 is 0 Å². The molecule has 19 heavy (non-hydrogen) atoms. The van der Waals surface area contributed by atoms with Gasteiger partial charge in [-0.05, 0) is 26.9 Å². The van der Waals surface area contributed by atoms with E-state index in [0.717, 1.165) is 12.8 Å². The maximum absolute atomic E-state index is 11.8. The van der Waals surface area contributed by atoms with Crippen molar-refractivity contribution >= 4 is 5.97 Å². The summed E-state index contributed by atoms with van der Waals surface area (Å²) >= 11 is 0. The second-order valence-corrected chi connectivity index (χ2v) is 5.53. The average Bonchev–Trinajstić information content (AvgIpc) is 2.37. The van der Waals surface area contributed by atoms with Crippen LogP contribution in [0.1, 0.15) is 71.6 Å². The molecule has 0 rings (SSSR count). The molecule has 0 aliphatic heterocycles. The van der Waals surface area contributed by atoms with Crippen LogP contribution in [0.25, 0.3) is 0 Å². The smallest absolute Gasteiger partial charge is 0.323 e. The van der Waals surface area contributed by atoms with Gasteiger partial charge in [0.1, 0.15) is 6.04 Å². The minimum absolute atomic E-state index is 0.0737. The van der Waals surface area contributed by atoms with Gasteiger partial charge in [-0.1, -0.05) is 58.8 Å². The van der Waals surface area contributed by atoms with E-state index in [1.54, 1.807) is 0 Å². The Morgan fingerprint density at radius 1 is 0.947 bits per heavy atom. The largest absolute Gasteiger partial charge is 0.465 e. The number of esters is 1. The molecule has 0 saturated heterocycles. The zero-order valence-corrected chi connectivity index (χ0v) is 13.4. The van der Waals surface area contributed by atoms with Crippen LogP contribution in [-0.4, -0.2) is 37.6 Å². The highest BCUT2D eigenvalue weighted by molar-refractivity contribution is 5.75. The molecule has 0 bridgehead atoms. The summed E-state index contributed by atoms with van der Waals surface area (Å²) in [4.78, 5) is 13.7. The van der Waals surface area contributed by atoms with Crippen molar-refractivity contribution in [1.29, 1.82) is 0 Å². The summed E-state index contributed by atoms with van der Waals surface area (Å²) in [7, 11) is 3.84. The van der Waals surface area contributed by atoms with Gasteiger partial charge in [-0.25, -0.2) is 0 Å². The predicted molar refractivity (Wildman–Crippen MR) is 81.3 cm³/mol. The molecule has 0 aliphatic carbocycles. The average molecular weight is 271 g/mol. The lowest BCUT2D eigenvalue weighted by molar-refractivity contribution is -0.149. The highest BCUT2D eigenvalue weighted by Gasteiger charge is 2.19.